The molecule has 0 unspecified atom stereocenters. The molecule has 0 atom stereocenters. The zero-order valence-corrected chi connectivity index (χ0v) is 27.4. The summed E-state index contributed by atoms with van der Waals surface area (Å²) in [6.07, 6.45) is 14.1. The van der Waals surface area contributed by atoms with Crippen LogP contribution in [0.2, 0.25) is 0 Å². The minimum Gasteiger partial charge on any atom is -0.494 e. The Morgan fingerprint density at radius 2 is 1.77 bits per heavy atom. The molecule has 2 N–H and O–H groups in total. The van der Waals surface area contributed by atoms with Crippen LogP contribution in [0.3, 0.4) is 0 Å². The quantitative estimate of drug-likeness (QED) is 0.0954. The molecule has 0 aliphatic rings. The molecule has 4 rings (SSSR count). The summed E-state index contributed by atoms with van der Waals surface area (Å²) in [5, 5.41) is 12.5. The summed E-state index contributed by atoms with van der Waals surface area (Å²) in [4.78, 5) is 33.2. The van der Waals surface area contributed by atoms with Crippen molar-refractivity contribution in [3.63, 3.8) is 0 Å². The molecular weight excluding hydrogens is 592 g/mol. The Kier molecular flexibility index (Phi) is 13.7. The van der Waals surface area contributed by atoms with E-state index in [1.165, 1.54) is 5.56 Å². The van der Waals surface area contributed by atoms with Gasteiger partial charge in [0.15, 0.2) is 0 Å². The molecule has 0 radical (unpaired) electrons. The van der Waals surface area contributed by atoms with E-state index in [1.807, 2.05) is 77.8 Å². The minimum atomic E-state index is -1.05. The highest BCUT2D eigenvalue weighted by Crippen LogP contribution is 2.31. The van der Waals surface area contributed by atoms with Crippen molar-refractivity contribution < 1.29 is 24.2 Å². The molecule has 4 aromatic rings. The van der Waals surface area contributed by atoms with E-state index in [0.717, 1.165) is 54.9 Å². The summed E-state index contributed by atoms with van der Waals surface area (Å²) >= 11 is 0. The van der Waals surface area contributed by atoms with Crippen LogP contribution in [0.25, 0.3) is 12.2 Å². The lowest BCUT2D eigenvalue weighted by Gasteiger charge is -2.25. The van der Waals surface area contributed by atoms with Gasteiger partial charge < -0.3 is 24.5 Å². The number of nitrogens with zero attached hydrogens (tertiary/aromatic N) is 3. The molecule has 0 fully saturated rings. The van der Waals surface area contributed by atoms with Crippen LogP contribution >= 0.6 is 0 Å². The molecular formula is C38H46N4O5. The Hall–Kier alpha value is -4.76. The standard InChI is InChI=1S/C38H46N4O5/c1-3-38(4-2,37(44)45)27-36(43)41-33-13-7-11-31(26-33)15-18-32-12-8-14-34(40-32)28-46-24-6-5-10-30-16-19-35(20-17-30)47-25-9-22-42-23-21-39-29-42/h7-8,11-21,23,26,29H,3-6,9-10,22,24-25,27-28H2,1-2H3,(H,41,43)(H,44,45). The SMILES string of the molecule is CCC(CC)(CC(=O)Nc1cccc(C=Cc2cccc(COCCCCc3ccc(OCCCn4ccnc4)cc3)n2)c1)C(=O)O. The summed E-state index contributed by atoms with van der Waals surface area (Å²) in [6, 6.07) is 21.6. The first-order valence-corrected chi connectivity index (χ1v) is 16.4. The van der Waals surface area contributed by atoms with Crippen molar-refractivity contribution in [1.82, 2.24) is 14.5 Å². The number of aromatic nitrogens is 3. The van der Waals surface area contributed by atoms with E-state index in [1.54, 1.807) is 26.1 Å². The number of amides is 1. The Morgan fingerprint density at radius 1 is 0.957 bits per heavy atom. The largest absolute Gasteiger partial charge is 0.494 e. The third-order valence-corrected chi connectivity index (χ3v) is 8.32. The summed E-state index contributed by atoms with van der Waals surface area (Å²) in [5.41, 5.74) is 3.43. The van der Waals surface area contributed by atoms with E-state index >= 15 is 0 Å². The second-order valence-corrected chi connectivity index (χ2v) is 11.7. The average molecular weight is 639 g/mol. The van der Waals surface area contributed by atoms with Gasteiger partial charge >= 0.3 is 5.97 Å². The number of carbonyl (C=O) groups excluding carboxylic acids is 1. The van der Waals surface area contributed by atoms with Gasteiger partial charge in [-0.25, -0.2) is 4.98 Å². The van der Waals surface area contributed by atoms with Crippen LogP contribution in [0, 0.1) is 5.41 Å². The van der Waals surface area contributed by atoms with Crippen molar-refractivity contribution in [3.05, 3.63) is 108 Å². The lowest BCUT2D eigenvalue weighted by molar-refractivity contribution is -0.151. The number of pyridine rings is 1. The lowest BCUT2D eigenvalue weighted by Crippen LogP contribution is -2.34. The van der Waals surface area contributed by atoms with E-state index in [4.69, 9.17) is 14.5 Å². The average Bonchev–Trinajstić information content (AvgIpc) is 3.61. The maximum Gasteiger partial charge on any atom is 0.310 e. The number of imidazole rings is 1. The van der Waals surface area contributed by atoms with Gasteiger partial charge in [0.25, 0.3) is 0 Å². The number of aryl methyl sites for hydroxylation is 2. The van der Waals surface area contributed by atoms with Crippen LogP contribution in [0.1, 0.15) is 74.9 Å². The summed E-state index contributed by atoms with van der Waals surface area (Å²) in [6.45, 7) is 6.30. The third-order valence-electron chi connectivity index (χ3n) is 8.32. The molecule has 2 aromatic heterocycles. The van der Waals surface area contributed by atoms with Crippen LogP contribution in [-0.2, 0) is 33.9 Å². The number of carboxylic acids is 1. The first-order chi connectivity index (χ1) is 22.9. The molecule has 47 heavy (non-hydrogen) atoms. The number of unbranched alkanes of at least 4 members (excludes halogenated alkanes) is 1. The third kappa shape index (κ3) is 11.5. The molecule has 0 saturated heterocycles. The second kappa shape index (κ2) is 18.4. The predicted molar refractivity (Wildman–Crippen MR) is 185 cm³/mol. The Bertz CT molecular complexity index is 1560. The predicted octanol–water partition coefficient (Wildman–Crippen LogP) is 7.68. The first kappa shape index (κ1) is 35.1. The van der Waals surface area contributed by atoms with Crippen molar-refractivity contribution >= 4 is 29.7 Å². The van der Waals surface area contributed by atoms with Gasteiger partial charge in [-0.2, -0.15) is 0 Å². The highest BCUT2D eigenvalue weighted by Gasteiger charge is 2.37. The molecule has 1 amide bonds. The van der Waals surface area contributed by atoms with Crippen LogP contribution in [0.15, 0.2) is 85.5 Å². The number of aliphatic carboxylic acids is 1. The number of carbonyl (C=O) groups is 2. The first-order valence-electron chi connectivity index (χ1n) is 16.4. The molecule has 2 heterocycles. The van der Waals surface area contributed by atoms with E-state index in [-0.39, 0.29) is 12.3 Å². The summed E-state index contributed by atoms with van der Waals surface area (Å²) in [5.74, 6) is -0.346. The fourth-order valence-electron chi connectivity index (χ4n) is 5.28. The van der Waals surface area contributed by atoms with E-state index in [0.29, 0.717) is 38.3 Å². The molecule has 0 aliphatic carbocycles. The number of ether oxygens (including phenoxy) is 2. The molecule has 0 aliphatic heterocycles. The van der Waals surface area contributed by atoms with Crippen molar-refractivity contribution in [2.24, 2.45) is 5.41 Å². The monoisotopic (exact) mass is 638 g/mol. The van der Waals surface area contributed by atoms with Gasteiger partial charge in [-0.05, 0) is 92.1 Å². The number of anilines is 1. The molecule has 2 aromatic carbocycles. The zero-order chi connectivity index (χ0) is 33.3. The van der Waals surface area contributed by atoms with Crippen molar-refractivity contribution in [2.75, 3.05) is 18.5 Å². The van der Waals surface area contributed by atoms with Gasteiger partial charge in [0, 0.05) is 37.7 Å². The molecule has 9 heteroatoms. The molecule has 0 bridgehead atoms. The van der Waals surface area contributed by atoms with E-state index < -0.39 is 11.4 Å². The number of hydrogen-bond donors (Lipinski definition) is 2. The highest BCUT2D eigenvalue weighted by molar-refractivity contribution is 5.94. The van der Waals surface area contributed by atoms with Crippen molar-refractivity contribution in [1.29, 1.82) is 0 Å². The number of rotatable bonds is 20. The van der Waals surface area contributed by atoms with Crippen LogP contribution < -0.4 is 10.1 Å². The minimum absolute atomic E-state index is 0.0624. The molecule has 248 valence electrons. The van der Waals surface area contributed by atoms with Crippen molar-refractivity contribution in [3.8, 4) is 5.75 Å². The van der Waals surface area contributed by atoms with Crippen LogP contribution in [0.5, 0.6) is 5.75 Å². The zero-order valence-electron chi connectivity index (χ0n) is 27.4. The smallest absolute Gasteiger partial charge is 0.310 e. The van der Waals surface area contributed by atoms with Gasteiger partial charge in [-0.1, -0.05) is 50.3 Å². The number of nitrogens with one attached hydrogen (secondary N) is 1. The van der Waals surface area contributed by atoms with Gasteiger partial charge in [-0.3, -0.25) is 14.6 Å². The summed E-state index contributed by atoms with van der Waals surface area (Å²) in [7, 11) is 0. The molecule has 0 spiro atoms. The van der Waals surface area contributed by atoms with Crippen LogP contribution in [-0.4, -0.2) is 44.7 Å². The van der Waals surface area contributed by atoms with E-state index in [2.05, 4.69) is 22.4 Å². The Labute approximate surface area is 277 Å². The number of carboxylic acid groups (broad SMARTS) is 1. The van der Waals surface area contributed by atoms with Crippen LogP contribution in [0.4, 0.5) is 5.69 Å². The molecule has 9 nitrogen and oxygen atoms in total. The fourth-order valence-corrected chi connectivity index (χ4v) is 5.28. The number of benzene rings is 2. The lowest BCUT2D eigenvalue weighted by atomic mass is 9.79. The Morgan fingerprint density at radius 3 is 2.51 bits per heavy atom. The van der Waals surface area contributed by atoms with Gasteiger partial charge in [0.05, 0.1) is 36.3 Å². The molecule has 0 saturated carbocycles. The highest BCUT2D eigenvalue weighted by atomic mass is 16.5. The topological polar surface area (TPSA) is 116 Å². The summed E-state index contributed by atoms with van der Waals surface area (Å²) < 4.78 is 13.8. The maximum absolute atomic E-state index is 12.6. The normalized spacial score (nSPS) is 11.5. The van der Waals surface area contributed by atoms with Crippen molar-refractivity contribution in [2.45, 2.75) is 71.9 Å². The van der Waals surface area contributed by atoms with Gasteiger partial charge in [-0.15, -0.1) is 0 Å². The second-order valence-electron chi connectivity index (χ2n) is 11.7. The maximum atomic E-state index is 12.6. The van der Waals surface area contributed by atoms with Gasteiger partial charge in [0.2, 0.25) is 5.91 Å². The number of hydrogen-bond acceptors (Lipinski definition) is 6. The van der Waals surface area contributed by atoms with Gasteiger partial charge in [0.1, 0.15) is 5.75 Å². The Balaban J connectivity index is 1.14. The van der Waals surface area contributed by atoms with E-state index in [9.17, 15) is 14.7 Å². The fraction of sp³-hybridized carbons (Fsp3) is 0.368.